The first-order chi connectivity index (χ1) is 8.22. The van der Waals surface area contributed by atoms with E-state index in [0.29, 0.717) is 6.04 Å². The van der Waals surface area contributed by atoms with Crippen molar-refractivity contribution < 1.29 is 4.74 Å². The van der Waals surface area contributed by atoms with Gasteiger partial charge in [-0.2, -0.15) is 0 Å². The number of hydrogen-bond donors (Lipinski definition) is 1. The Morgan fingerprint density at radius 3 is 2.82 bits per heavy atom. The summed E-state index contributed by atoms with van der Waals surface area (Å²) in [6, 6.07) is 0.592. The Morgan fingerprint density at radius 1 is 1.41 bits per heavy atom. The first-order valence-electron chi connectivity index (χ1n) is 7.22. The van der Waals surface area contributed by atoms with Gasteiger partial charge in [0.2, 0.25) is 0 Å². The molecule has 1 aliphatic heterocycles. The number of nitrogens with zero attached hydrogens (tertiary/aromatic N) is 1. The lowest BCUT2D eigenvalue weighted by Crippen LogP contribution is -2.58. The van der Waals surface area contributed by atoms with Gasteiger partial charge in [-0.15, -0.1) is 0 Å². The fraction of sp³-hybridized carbons (Fsp3) is 1.00. The van der Waals surface area contributed by atoms with Crippen LogP contribution in [0.2, 0.25) is 0 Å². The highest BCUT2D eigenvalue weighted by molar-refractivity contribution is 4.98. The Balaban J connectivity index is 2.06. The molecule has 0 radical (unpaired) electrons. The lowest BCUT2D eigenvalue weighted by molar-refractivity contribution is 0.0190. The zero-order chi connectivity index (χ0) is 12.3. The predicted octanol–water partition coefficient (Wildman–Crippen LogP) is 2.00. The van der Waals surface area contributed by atoms with Crippen molar-refractivity contribution in [1.82, 2.24) is 4.90 Å². The van der Waals surface area contributed by atoms with Gasteiger partial charge in [-0.1, -0.05) is 26.2 Å². The molecule has 2 rings (SSSR count). The maximum Gasteiger partial charge on any atom is 0.0622 e. The lowest BCUT2D eigenvalue weighted by Gasteiger charge is -2.48. The molecule has 100 valence electrons. The Bertz CT molecular complexity index is 240. The van der Waals surface area contributed by atoms with Gasteiger partial charge in [-0.3, -0.25) is 4.90 Å². The molecule has 0 aromatic heterocycles. The van der Waals surface area contributed by atoms with Crippen molar-refractivity contribution in [2.45, 2.75) is 57.0 Å². The summed E-state index contributed by atoms with van der Waals surface area (Å²) in [4.78, 5) is 2.56. The van der Waals surface area contributed by atoms with Gasteiger partial charge in [-0.25, -0.2) is 0 Å². The molecule has 3 nitrogen and oxygen atoms in total. The number of hydrogen-bond acceptors (Lipinski definition) is 3. The smallest absolute Gasteiger partial charge is 0.0622 e. The molecule has 0 aromatic carbocycles. The molecule has 1 aliphatic carbocycles. The Hall–Kier alpha value is -0.120. The van der Waals surface area contributed by atoms with Gasteiger partial charge in [-0.05, 0) is 32.2 Å². The van der Waals surface area contributed by atoms with E-state index in [4.69, 9.17) is 10.5 Å². The fourth-order valence-electron chi connectivity index (χ4n) is 3.67. The molecule has 0 aromatic rings. The second-order valence-electron chi connectivity index (χ2n) is 5.93. The average molecular weight is 240 g/mol. The van der Waals surface area contributed by atoms with Gasteiger partial charge in [0.25, 0.3) is 0 Å². The Kier molecular flexibility index (Phi) is 4.45. The summed E-state index contributed by atoms with van der Waals surface area (Å²) < 4.78 is 5.53. The van der Waals surface area contributed by atoms with Crippen LogP contribution in [0.1, 0.15) is 45.4 Å². The molecule has 17 heavy (non-hydrogen) atoms. The maximum atomic E-state index is 6.14. The summed E-state index contributed by atoms with van der Waals surface area (Å²) in [5.74, 6) is 0.872. The number of rotatable bonds is 4. The van der Waals surface area contributed by atoms with E-state index in [0.717, 1.165) is 25.7 Å². The summed E-state index contributed by atoms with van der Waals surface area (Å²) in [5, 5.41) is 0. The summed E-state index contributed by atoms with van der Waals surface area (Å²) in [6.07, 6.45) is 7.77. The Morgan fingerprint density at radius 2 is 2.24 bits per heavy atom. The van der Waals surface area contributed by atoms with Crippen LogP contribution in [-0.2, 0) is 4.74 Å². The highest BCUT2D eigenvalue weighted by Gasteiger charge is 2.41. The van der Waals surface area contributed by atoms with Crippen LogP contribution in [0.15, 0.2) is 0 Å². The topological polar surface area (TPSA) is 38.5 Å². The van der Waals surface area contributed by atoms with Crippen molar-refractivity contribution in [2.24, 2.45) is 11.7 Å². The summed E-state index contributed by atoms with van der Waals surface area (Å²) in [6.45, 7) is 4.94. The van der Waals surface area contributed by atoms with E-state index in [2.05, 4.69) is 18.9 Å². The number of likely N-dealkylation sites (N-methyl/N-ethyl adjacent to an activating group) is 1. The van der Waals surface area contributed by atoms with Gasteiger partial charge >= 0.3 is 0 Å². The minimum Gasteiger partial charge on any atom is -0.380 e. The SMILES string of the molecule is CCC1CCCC(CN)(N(C)C2CCOC2)C1. The predicted molar refractivity (Wildman–Crippen MR) is 71.0 cm³/mol. The minimum atomic E-state index is 0.247. The fourth-order valence-corrected chi connectivity index (χ4v) is 3.67. The summed E-state index contributed by atoms with van der Waals surface area (Å²) >= 11 is 0. The molecule has 1 saturated carbocycles. The van der Waals surface area contributed by atoms with Crippen LogP contribution in [0.3, 0.4) is 0 Å². The molecule has 2 aliphatic rings. The van der Waals surface area contributed by atoms with Crippen molar-refractivity contribution in [2.75, 3.05) is 26.8 Å². The van der Waals surface area contributed by atoms with Crippen molar-refractivity contribution in [3.63, 3.8) is 0 Å². The van der Waals surface area contributed by atoms with Crippen LogP contribution in [0, 0.1) is 5.92 Å². The number of nitrogens with two attached hydrogens (primary N) is 1. The normalized spacial score (nSPS) is 38.8. The third kappa shape index (κ3) is 2.67. The zero-order valence-corrected chi connectivity index (χ0v) is 11.5. The Labute approximate surface area is 106 Å². The van der Waals surface area contributed by atoms with Gasteiger partial charge in [0.05, 0.1) is 6.61 Å². The summed E-state index contributed by atoms with van der Waals surface area (Å²) in [5.41, 5.74) is 6.39. The standard InChI is InChI=1S/C14H28N2O/c1-3-12-5-4-7-14(9-12,11-15)16(2)13-6-8-17-10-13/h12-13H,3-11,15H2,1-2H3. The molecule has 2 N–H and O–H groups in total. The van der Waals surface area contributed by atoms with Crippen molar-refractivity contribution >= 4 is 0 Å². The van der Waals surface area contributed by atoms with E-state index in [-0.39, 0.29) is 5.54 Å². The van der Waals surface area contributed by atoms with Gasteiger partial charge in [0.1, 0.15) is 0 Å². The van der Waals surface area contributed by atoms with Gasteiger partial charge in [0.15, 0.2) is 0 Å². The molecule has 1 saturated heterocycles. The van der Waals surface area contributed by atoms with Gasteiger partial charge in [0, 0.05) is 24.7 Å². The molecule has 3 atom stereocenters. The molecule has 0 spiro atoms. The molecule has 0 bridgehead atoms. The van der Waals surface area contributed by atoms with Gasteiger partial charge < -0.3 is 10.5 Å². The summed E-state index contributed by atoms with van der Waals surface area (Å²) in [7, 11) is 2.27. The van der Waals surface area contributed by atoms with Crippen molar-refractivity contribution in [3.05, 3.63) is 0 Å². The third-order valence-corrected chi connectivity index (χ3v) is 5.08. The van der Waals surface area contributed by atoms with Crippen LogP contribution in [0.4, 0.5) is 0 Å². The van der Waals surface area contributed by atoms with Crippen LogP contribution in [0.5, 0.6) is 0 Å². The van der Waals surface area contributed by atoms with Crippen LogP contribution in [0.25, 0.3) is 0 Å². The molecule has 1 heterocycles. The molecule has 2 fully saturated rings. The second-order valence-corrected chi connectivity index (χ2v) is 5.93. The first kappa shape index (κ1) is 13.3. The lowest BCUT2D eigenvalue weighted by atomic mass is 9.73. The molecule has 0 amide bonds. The van der Waals surface area contributed by atoms with Crippen molar-refractivity contribution in [1.29, 1.82) is 0 Å². The molecule has 3 unspecified atom stereocenters. The van der Waals surface area contributed by atoms with Crippen LogP contribution in [-0.4, -0.2) is 43.3 Å². The largest absolute Gasteiger partial charge is 0.380 e. The van der Waals surface area contributed by atoms with E-state index >= 15 is 0 Å². The highest BCUT2D eigenvalue weighted by Crippen LogP contribution is 2.38. The quantitative estimate of drug-likeness (QED) is 0.817. The highest BCUT2D eigenvalue weighted by atomic mass is 16.5. The first-order valence-corrected chi connectivity index (χ1v) is 7.22. The zero-order valence-electron chi connectivity index (χ0n) is 11.5. The molecular formula is C14H28N2O. The monoisotopic (exact) mass is 240 g/mol. The molecular weight excluding hydrogens is 212 g/mol. The van der Waals surface area contributed by atoms with Crippen LogP contribution < -0.4 is 5.73 Å². The van der Waals surface area contributed by atoms with E-state index in [1.807, 2.05) is 0 Å². The van der Waals surface area contributed by atoms with E-state index in [9.17, 15) is 0 Å². The number of ether oxygens (including phenoxy) is 1. The second kappa shape index (κ2) is 5.68. The maximum absolute atomic E-state index is 6.14. The van der Waals surface area contributed by atoms with E-state index in [1.54, 1.807) is 0 Å². The van der Waals surface area contributed by atoms with E-state index in [1.165, 1.54) is 38.5 Å². The third-order valence-electron chi connectivity index (χ3n) is 5.08. The molecule has 3 heteroatoms. The van der Waals surface area contributed by atoms with Crippen molar-refractivity contribution in [3.8, 4) is 0 Å². The van der Waals surface area contributed by atoms with Crippen LogP contribution >= 0.6 is 0 Å². The average Bonchev–Trinajstić information content (AvgIpc) is 2.91. The van der Waals surface area contributed by atoms with E-state index < -0.39 is 0 Å². The minimum absolute atomic E-state index is 0.247.